The second-order valence-electron chi connectivity index (χ2n) is 10.4. The molecule has 1 aromatic heterocycles. The van der Waals surface area contributed by atoms with Gasteiger partial charge in [0, 0.05) is 5.54 Å². The Morgan fingerprint density at radius 2 is 1.59 bits per heavy atom. The third kappa shape index (κ3) is 7.17. The quantitative estimate of drug-likeness (QED) is 0.385. The number of methoxy groups -OCH3 is 2. The molecule has 0 aliphatic rings. The average molecular weight is 552 g/mol. The van der Waals surface area contributed by atoms with E-state index in [9.17, 15) is 14.4 Å². The summed E-state index contributed by atoms with van der Waals surface area (Å²) in [6.45, 7) is 11.1. The molecule has 3 amide bonds. The summed E-state index contributed by atoms with van der Waals surface area (Å²) >= 11 is 1.29. The molecule has 0 fully saturated rings. The highest BCUT2D eigenvalue weighted by molar-refractivity contribution is 7.12. The number of hydrogen-bond donors (Lipinski definition) is 2. The van der Waals surface area contributed by atoms with Gasteiger partial charge in [-0.1, -0.05) is 29.8 Å². The summed E-state index contributed by atoms with van der Waals surface area (Å²) in [6, 6.07) is 11.5. The summed E-state index contributed by atoms with van der Waals surface area (Å²) in [5, 5.41) is 7.56. The van der Waals surface area contributed by atoms with Crippen molar-refractivity contribution in [3.05, 3.63) is 75.0 Å². The zero-order valence-corrected chi connectivity index (χ0v) is 24.6. The van der Waals surface area contributed by atoms with Crippen LogP contribution in [0, 0.1) is 20.8 Å². The molecule has 8 nitrogen and oxygen atoms in total. The summed E-state index contributed by atoms with van der Waals surface area (Å²) in [7, 11) is 3.05. The molecule has 0 aliphatic heterocycles. The van der Waals surface area contributed by atoms with Crippen molar-refractivity contribution in [2.24, 2.45) is 0 Å². The second-order valence-corrected chi connectivity index (χ2v) is 11.4. The predicted molar refractivity (Wildman–Crippen MR) is 155 cm³/mol. The van der Waals surface area contributed by atoms with Gasteiger partial charge in [0.05, 0.1) is 31.3 Å². The molecule has 2 aromatic carbocycles. The van der Waals surface area contributed by atoms with Crippen molar-refractivity contribution in [1.82, 2.24) is 10.6 Å². The topological polar surface area (TPSA) is 97.0 Å². The average Bonchev–Trinajstić information content (AvgIpc) is 3.40. The van der Waals surface area contributed by atoms with Crippen LogP contribution in [0.5, 0.6) is 11.5 Å². The molecule has 3 rings (SSSR count). The van der Waals surface area contributed by atoms with E-state index < -0.39 is 17.5 Å². The lowest BCUT2D eigenvalue weighted by molar-refractivity contribution is -0.127. The Kier molecular flexibility index (Phi) is 9.40. The van der Waals surface area contributed by atoms with Crippen LogP contribution in [0.25, 0.3) is 0 Å². The molecule has 0 bridgehead atoms. The van der Waals surface area contributed by atoms with Gasteiger partial charge in [-0.2, -0.15) is 0 Å². The Balaban J connectivity index is 2.18. The van der Waals surface area contributed by atoms with Gasteiger partial charge in [0.15, 0.2) is 11.5 Å². The molecule has 39 heavy (non-hydrogen) atoms. The zero-order chi connectivity index (χ0) is 28.9. The van der Waals surface area contributed by atoms with Crippen molar-refractivity contribution in [1.29, 1.82) is 0 Å². The first kappa shape index (κ1) is 29.7. The molecular weight excluding hydrogens is 514 g/mol. The number of hydrogen-bond acceptors (Lipinski definition) is 6. The summed E-state index contributed by atoms with van der Waals surface area (Å²) in [4.78, 5) is 42.7. The van der Waals surface area contributed by atoms with E-state index in [1.165, 1.54) is 30.5 Å². The largest absolute Gasteiger partial charge is 0.493 e. The molecule has 0 aliphatic carbocycles. The van der Waals surface area contributed by atoms with Gasteiger partial charge in [0.2, 0.25) is 11.8 Å². The van der Waals surface area contributed by atoms with Crippen LogP contribution in [0.1, 0.15) is 58.7 Å². The van der Waals surface area contributed by atoms with Crippen molar-refractivity contribution < 1.29 is 23.9 Å². The van der Waals surface area contributed by atoms with Crippen LogP contribution in [-0.4, -0.2) is 44.0 Å². The Bertz CT molecular complexity index is 1320. The maximum Gasteiger partial charge on any atom is 0.261 e. The van der Waals surface area contributed by atoms with Crippen LogP contribution in [0.3, 0.4) is 0 Å². The standard InChI is InChI=1S/C30H37N3O5S/c1-18-14-19(2)26(20(3)15-18)33(25(34)17-31-28(35)24-10-9-13-39-24)27(29(36)32-30(4,5)6)21-11-12-22(37-7)23(16-21)38-8/h9-16,27H,17H2,1-8H3,(H,31,35)(H,32,36)/t27-/m0/s1. The molecule has 0 spiro atoms. The van der Waals surface area contributed by atoms with E-state index in [-0.39, 0.29) is 18.4 Å². The molecule has 9 heteroatoms. The molecule has 0 saturated heterocycles. The lowest BCUT2D eigenvalue weighted by atomic mass is 9.97. The lowest BCUT2D eigenvalue weighted by Crippen LogP contribution is -2.51. The Morgan fingerprint density at radius 3 is 2.13 bits per heavy atom. The van der Waals surface area contributed by atoms with Crippen LogP contribution in [0.4, 0.5) is 5.69 Å². The van der Waals surface area contributed by atoms with Crippen LogP contribution < -0.4 is 25.0 Å². The molecule has 1 atom stereocenters. The number of aryl methyl sites for hydroxylation is 3. The SMILES string of the molecule is COc1ccc([C@@H](C(=O)NC(C)(C)C)N(C(=O)CNC(=O)c2cccs2)c2c(C)cc(C)cc2C)cc1OC. The van der Waals surface area contributed by atoms with Crippen LogP contribution in [0.15, 0.2) is 47.8 Å². The minimum Gasteiger partial charge on any atom is -0.493 e. The molecular formula is C30H37N3O5S. The highest BCUT2D eigenvalue weighted by Crippen LogP contribution is 2.37. The zero-order valence-electron chi connectivity index (χ0n) is 23.8. The summed E-state index contributed by atoms with van der Waals surface area (Å²) in [5.74, 6) is -0.220. The number of amides is 3. The van der Waals surface area contributed by atoms with Gasteiger partial charge < -0.3 is 20.1 Å². The van der Waals surface area contributed by atoms with Crippen molar-refractivity contribution in [3.63, 3.8) is 0 Å². The Labute approximate surface area is 234 Å². The van der Waals surface area contributed by atoms with Gasteiger partial charge >= 0.3 is 0 Å². The monoisotopic (exact) mass is 551 g/mol. The first-order chi connectivity index (χ1) is 18.4. The highest BCUT2D eigenvalue weighted by Gasteiger charge is 2.36. The minimum atomic E-state index is -1.06. The number of thiophene rings is 1. The normalized spacial score (nSPS) is 11.9. The Morgan fingerprint density at radius 1 is 0.949 bits per heavy atom. The molecule has 1 heterocycles. The number of carbonyl (C=O) groups is 3. The first-order valence-electron chi connectivity index (χ1n) is 12.6. The Hall–Kier alpha value is -3.85. The molecule has 208 valence electrons. The van der Waals surface area contributed by atoms with Crippen molar-refractivity contribution in [3.8, 4) is 11.5 Å². The van der Waals surface area contributed by atoms with Crippen LogP contribution in [-0.2, 0) is 9.59 Å². The minimum absolute atomic E-state index is 0.296. The van der Waals surface area contributed by atoms with Crippen molar-refractivity contribution >= 4 is 34.7 Å². The maximum absolute atomic E-state index is 14.0. The van der Waals surface area contributed by atoms with E-state index in [0.717, 1.165) is 16.7 Å². The molecule has 0 saturated carbocycles. The van der Waals surface area contributed by atoms with E-state index >= 15 is 0 Å². The first-order valence-corrected chi connectivity index (χ1v) is 13.5. The summed E-state index contributed by atoms with van der Waals surface area (Å²) < 4.78 is 10.9. The second kappa shape index (κ2) is 12.3. The van der Waals surface area contributed by atoms with Crippen LogP contribution >= 0.6 is 11.3 Å². The maximum atomic E-state index is 14.0. The summed E-state index contributed by atoms with van der Waals surface area (Å²) in [5.41, 5.74) is 3.28. The summed E-state index contributed by atoms with van der Waals surface area (Å²) in [6.07, 6.45) is 0. The van der Waals surface area contributed by atoms with Crippen molar-refractivity contribution in [2.45, 2.75) is 53.1 Å². The highest BCUT2D eigenvalue weighted by atomic mass is 32.1. The van der Waals surface area contributed by atoms with E-state index in [4.69, 9.17) is 9.47 Å². The number of nitrogens with one attached hydrogen (secondary N) is 2. The van der Waals surface area contributed by atoms with E-state index in [1.54, 1.807) is 35.7 Å². The van der Waals surface area contributed by atoms with Gasteiger partial charge in [0.25, 0.3) is 5.91 Å². The number of anilines is 1. The fourth-order valence-corrected chi connectivity index (χ4v) is 5.20. The number of carbonyl (C=O) groups excluding carboxylic acids is 3. The third-order valence-electron chi connectivity index (χ3n) is 6.02. The van der Waals surface area contributed by atoms with Gasteiger partial charge in [-0.3, -0.25) is 19.3 Å². The fourth-order valence-electron chi connectivity index (χ4n) is 4.56. The van der Waals surface area contributed by atoms with Gasteiger partial charge in [-0.15, -0.1) is 11.3 Å². The van der Waals surface area contributed by atoms with Gasteiger partial charge in [-0.05, 0) is 81.8 Å². The number of ether oxygens (including phenoxy) is 2. The van der Waals surface area contributed by atoms with E-state index in [1.807, 2.05) is 53.7 Å². The van der Waals surface area contributed by atoms with E-state index in [0.29, 0.717) is 27.6 Å². The van der Waals surface area contributed by atoms with Crippen molar-refractivity contribution in [2.75, 3.05) is 25.7 Å². The third-order valence-corrected chi connectivity index (χ3v) is 6.89. The van der Waals surface area contributed by atoms with Gasteiger partial charge in [0.1, 0.15) is 6.04 Å². The van der Waals surface area contributed by atoms with E-state index in [2.05, 4.69) is 10.6 Å². The number of benzene rings is 2. The number of nitrogens with zero attached hydrogens (tertiary/aromatic N) is 1. The molecule has 3 aromatic rings. The lowest BCUT2D eigenvalue weighted by Gasteiger charge is -2.35. The predicted octanol–water partition coefficient (Wildman–Crippen LogP) is 5.11. The van der Waals surface area contributed by atoms with Crippen LogP contribution in [0.2, 0.25) is 0 Å². The number of rotatable bonds is 9. The smallest absolute Gasteiger partial charge is 0.261 e. The van der Waals surface area contributed by atoms with Gasteiger partial charge in [-0.25, -0.2) is 0 Å². The molecule has 2 N–H and O–H groups in total. The molecule has 0 unspecified atom stereocenters. The fraction of sp³-hybridized carbons (Fsp3) is 0.367. The molecule has 0 radical (unpaired) electrons.